The number of nitrogens with zero attached hydrogens (tertiary/aromatic N) is 1. The van der Waals surface area contributed by atoms with E-state index in [1.54, 1.807) is 11.8 Å². The molecule has 0 aromatic carbocycles. The molecular weight excluding hydrogens is 246 g/mol. The number of hydrogen-bond acceptors (Lipinski definition) is 3. The van der Waals surface area contributed by atoms with E-state index in [0.29, 0.717) is 17.5 Å². The minimum absolute atomic E-state index is 0.0340. The lowest BCUT2D eigenvalue weighted by atomic mass is 9.92. The molecule has 0 saturated carbocycles. The Morgan fingerprint density at radius 1 is 1.50 bits per heavy atom. The maximum absolute atomic E-state index is 11.6. The number of hydrogen-bond donors (Lipinski definition) is 2. The van der Waals surface area contributed by atoms with E-state index >= 15 is 0 Å². The van der Waals surface area contributed by atoms with Gasteiger partial charge >= 0.3 is 0 Å². The Bertz CT molecular complexity index is 393. The highest BCUT2D eigenvalue weighted by atomic mass is 32.2. The molecule has 0 atom stereocenters. The highest BCUT2D eigenvalue weighted by molar-refractivity contribution is 8.00. The zero-order valence-corrected chi connectivity index (χ0v) is 12.6. The molecule has 1 aromatic heterocycles. The molecule has 5 heteroatoms. The standard InChI is InChI=1S/C13H23N3OS/c1-9(2)18-8-12(17)14-7-10-6-11(16-15-10)13(3,4)5/h6,9H,7-8H2,1-5H3,(H,14,17)(H,15,16). The van der Waals surface area contributed by atoms with Crippen LogP contribution in [0.2, 0.25) is 0 Å². The van der Waals surface area contributed by atoms with Crippen molar-refractivity contribution in [3.63, 3.8) is 0 Å². The Morgan fingerprint density at radius 2 is 2.17 bits per heavy atom. The van der Waals surface area contributed by atoms with E-state index in [1.807, 2.05) is 6.07 Å². The van der Waals surface area contributed by atoms with Crippen molar-refractivity contribution < 1.29 is 4.79 Å². The maximum atomic E-state index is 11.6. The lowest BCUT2D eigenvalue weighted by Gasteiger charge is -2.13. The molecule has 0 aliphatic heterocycles. The molecule has 0 spiro atoms. The third-order valence-corrected chi connectivity index (χ3v) is 3.52. The van der Waals surface area contributed by atoms with Gasteiger partial charge in [-0.1, -0.05) is 34.6 Å². The fourth-order valence-electron chi connectivity index (χ4n) is 1.32. The second-order valence-electron chi connectivity index (χ2n) is 5.66. The second-order valence-corrected chi connectivity index (χ2v) is 7.23. The van der Waals surface area contributed by atoms with Crippen LogP contribution in [0.5, 0.6) is 0 Å². The molecule has 0 fully saturated rings. The van der Waals surface area contributed by atoms with Gasteiger partial charge in [-0.3, -0.25) is 9.89 Å². The summed E-state index contributed by atoms with van der Waals surface area (Å²) in [5, 5.41) is 10.6. The average molecular weight is 269 g/mol. The summed E-state index contributed by atoms with van der Waals surface area (Å²) in [4.78, 5) is 11.6. The van der Waals surface area contributed by atoms with Crippen LogP contribution in [0.4, 0.5) is 0 Å². The number of carbonyl (C=O) groups excluding carboxylic acids is 1. The van der Waals surface area contributed by atoms with E-state index in [1.165, 1.54) is 0 Å². The number of rotatable bonds is 5. The smallest absolute Gasteiger partial charge is 0.230 e. The van der Waals surface area contributed by atoms with Crippen LogP contribution < -0.4 is 5.32 Å². The first-order valence-electron chi connectivity index (χ1n) is 6.22. The molecule has 0 saturated heterocycles. The molecular formula is C13H23N3OS. The Hall–Kier alpha value is -0.970. The summed E-state index contributed by atoms with van der Waals surface area (Å²) in [6.07, 6.45) is 0. The summed E-state index contributed by atoms with van der Waals surface area (Å²) in [5.41, 5.74) is 2.00. The summed E-state index contributed by atoms with van der Waals surface area (Å²) < 4.78 is 0. The van der Waals surface area contributed by atoms with Crippen molar-refractivity contribution in [2.75, 3.05) is 5.75 Å². The van der Waals surface area contributed by atoms with Crippen LogP contribution in [0.15, 0.2) is 6.07 Å². The SMILES string of the molecule is CC(C)SCC(=O)NCc1cc(C(C)(C)C)n[nH]1. The molecule has 18 heavy (non-hydrogen) atoms. The normalized spacial score (nSPS) is 11.9. The van der Waals surface area contributed by atoms with Crippen molar-refractivity contribution in [1.82, 2.24) is 15.5 Å². The minimum Gasteiger partial charge on any atom is -0.350 e. The topological polar surface area (TPSA) is 57.8 Å². The number of thioether (sulfide) groups is 1. The van der Waals surface area contributed by atoms with Gasteiger partial charge in [0.05, 0.1) is 23.7 Å². The zero-order chi connectivity index (χ0) is 13.8. The van der Waals surface area contributed by atoms with Crippen LogP contribution in [0.3, 0.4) is 0 Å². The van der Waals surface area contributed by atoms with Crippen molar-refractivity contribution in [3.8, 4) is 0 Å². The molecule has 0 aliphatic carbocycles. The van der Waals surface area contributed by atoms with Crippen LogP contribution in [-0.2, 0) is 16.8 Å². The molecule has 0 bridgehead atoms. The Labute approximate surface area is 113 Å². The number of nitrogens with one attached hydrogen (secondary N) is 2. The number of carbonyl (C=O) groups is 1. The minimum atomic E-state index is 0.0340. The van der Waals surface area contributed by atoms with Gasteiger partial charge in [0.1, 0.15) is 0 Å². The van der Waals surface area contributed by atoms with E-state index in [0.717, 1.165) is 11.4 Å². The first-order valence-corrected chi connectivity index (χ1v) is 7.27. The highest BCUT2D eigenvalue weighted by Gasteiger charge is 2.17. The van der Waals surface area contributed by atoms with Crippen LogP contribution in [0.1, 0.15) is 46.0 Å². The summed E-state index contributed by atoms with van der Waals surface area (Å²) >= 11 is 1.65. The van der Waals surface area contributed by atoms with Crippen molar-refractivity contribution in [2.24, 2.45) is 0 Å². The number of amides is 1. The fourth-order valence-corrected chi connectivity index (χ4v) is 1.91. The summed E-state index contributed by atoms with van der Waals surface area (Å²) in [6.45, 7) is 11.0. The average Bonchev–Trinajstić information content (AvgIpc) is 2.71. The van der Waals surface area contributed by atoms with Gasteiger partial charge in [0.25, 0.3) is 0 Å². The Balaban J connectivity index is 2.40. The zero-order valence-electron chi connectivity index (χ0n) is 11.8. The first kappa shape index (κ1) is 15.1. The lowest BCUT2D eigenvalue weighted by molar-refractivity contribution is -0.118. The Kier molecular flexibility index (Phi) is 5.26. The fraction of sp³-hybridized carbons (Fsp3) is 0.692. The molecule has 1 heterocycles. The molecule has 0 aliphatic rings. The molecule has 2 N–H and O–H groups in total. The van der Waals surface area contributed by atoms with E-state index in [4.69, 9.17) is 0 Å². The molecule has 0 unspecified atom stereocenters. The molecule has 0 radical (unpaired) electrons. The van der Waals surface area contributed by atoms with Gasteiger partial charge in [0.2, 0.25) is 5.91 Å². The van der Waals surface area contributed by atoms with Gasteiger partial charge in [0, 0.05) is 5.41 Å². The van der Waals surface area contributed by atoms with Gasteiger partial charge < -0.3 is 5.32 Å². The molecule has 4 nitrogen and oxygen atoms in total. The third-order valence-electron chi connectivity index (χ3n) is 2.42. The van der Waals surface area contributed by atoms with Gasteiger partial charge in [-0.2, -0.15) is 5.10 Å². The van der Waals surface area contributed by atoms with Gasteiger partial charge in [-0.25, -0.2) is 0 Å². The van der Waals surface area contributed by atoms with Crippen molar-refractivity contribution in [2.45, 2.75) is 51.8 Å². The van der Waals surface area contributed by atoms with Crippen LogP contribution in [0.25, 0.3) is 0 Å². The van der Waals surface area contributed by atoms with Crippen molar-refractivity contribution in [3.05, 3.63) is 17.5 Å². The van der Waals surface area contributed by atoms with E-state index < -0.39 is 0 Å². The monoisotopic (exact) mass is 269 g/mol. The summed E-state index contributed by atoms with van der Waals surface area (Å²) in [6, 6.07) is 2.01. The van der Waals surface area contributed by atoms with Crippen molar-refractivity contribution in [1.29, 1.82) is 0 Å². The molecule has 1 amide bonds. The molecule has 1 rings (SSSR count). The van der Waals surface area contributed by atoms with E-state index in [2.05, 4.69) is 50.1 Å². The molecule has 1 aromatic rings. The quantitative estimate of drug-likeness (QED) is 0.863. The maximum Gasteiger partial charge on any atom is 0.230 e. The largest absolute Gasteiger partial charge is 0.350 e. The van der Waals surface area contributed by atoms with Crippen LogP contribution in [-0.4, -0.2) is 27.1 Å². The Morgan fingerprint density at radius 3 is 2.67 bits per heavy atom. The molecule has 102 valence electrons. The van der Waals surface area contributed by atoms with Crippen LogP contribution in [0, 0.1) is 0 Å². The van der Waals surface area contributed by atoms with Gasteiger partial charge in [-0.05, 0) is 11.3 Å². The highest BCUT2D eigenvalue weighted by Crippen LogP contribution is 2.20. The number of H-pyrrole nitrogens is 1. The van der Waals surface area contributed by atoms with Gasteiger partial charge in [-0.15, -0.1) is 11.8 Å². The predicted octanol–water partition coefficient (Wildman–Crippen LogP) is 2.46. The van der Waals surface area contributed by atoms with E-state index in [9.17, 15) is 4.79 Å². The van der Waals surface area contributed by atoms with E-state index in [-0.39, 0.29) is 11.3 Å². The lowest BCUT2D eigenvalue weighted by Crippen LogP contribution is -2.25. The van der Waals surface area contributed by atoms with Crippen LogP contribution >= 0.6 is 11.8 Å². The van der Waals surface area contributed by atoms with Crippen molar-refractivity contribution >= 4 is 17.7 Å². The van der Waals surface area contributed by atoms with Gasteiger partial charge in [0.15, 0.2) is 0 Å². The second kappa shape index (κ2) is 6.27. The number of aromatic nitrogens is 2. The predicted molar refractivity (Wildman–Crippen MR) is 76.7 cm³/mol. The summed E-state index contributed by atoms with van der Waals surface area (Å²) in [5.74, 6) is 0.582. The number of aromatic amines is 1. The first-order chi connectivity index (χ1) is 8.29. The summed E-state index contributed by atoms with van der Waals surface area (Å²) in [7, 11) is 0. The third kappa shape index (κ3) is 5.12.